The number of pyridine rings is 1. The van der Waals surface area contributed by atoms with E-state index in [0.29, 0.717) is 86.3 Å². The summed E-state index contributed by atoms with van der Waals surface area (Å²) >= 11 is 0. The van der Waals surface area contributed by atoms with E-state index in [-0.39, 0.29) is 34.1 Å². The molecule has 0 N–H and O–H groups in total. The highest BCUT2D eigenvalue weighted by Gasteiger charge is 2.32. The molecular formula is C46H54F4N6O4. The normalized spacial score (nSPS) is 20.1. The molecule has 3 aliphatic heterocycles. The van der Waals surface area contributed by atoms with Crippen molar-refractivity contribution in [3.63, 3.8) is 0 Å². The van der Waals surface area contributed by atoms with Crippen LogP contribution in [0.1, 0.15) is 82.2 Å². The van der Waals surface area contributed by atoms with Gasteiger partial charge in [0.1, 0.15) is 11.7 Å². The standard InChI is InChI=1S/C46H54F4N6O4/c1-32(60-45(2,3)4)54-23-25-55(26-24-54)41(57)15-11-22-53-21-10-14-36(31-53)59-40-20-18-35(30-51-40)43(38(29-46(48,49)50)33-12-6-5-7-13-33)34-17-19-39-37(28-34)44(47)52-56(39)42-16-8-9-27-58-42/h5-7,11-13,15,17-20,28,30,36,42H,1,8-10,14,16,21-27,29,31H2,2-4H3/b15-11+,43-38-/t36-,42?/m1/s1. The minimum atomic E-state index is -4.53. The van der Waals surface area contributed by atoms with Crippen molar-refractivity contribution in [2.45, 2.75) is 83.4 Å². The van der Waals surface area contributed by atoms with Crippen LogP contribution in [0.15, 0.2) is 91.5 Å². The third kappa shape index (κ3) is 10.9. The van der Waals surface area contributed by atoms with E-state index in [1.807, 2.05) is 31.7 Å². The van der Waals surface area contributed by atoms with E-state index in [1.54, 1.807) is 66.7 Å². The Labute approximate surface area is 349 Å². The number of hydrogen-bond donors (Lipinski definition) is 0. The summed E-state index contributed by atoms with van der Waals surface area (Å²) in [6.45, 7) is 15.1. The molecule has 3 saturated heterocycles. The van der Waals surface area contributed by atoms with Crippen molar-refractivity contribution in [2.24, 2.45) is 0 Å². The summed E-state index contributed by atoms with van der Waals surface area (Å²) in [5.74, 6) is 0.224. The first-order valence-corrected chi connectivity index (χ1v) is 20.8. The number of hydrogen-bond acceptors (Lipinski definition) is 8. The van der Waals surface area contributed by atoms with Gasteiger partial charge in [-0.2, -0.15) is 17.6 Å². The largest absolute Gasteiger partial charge is 0.474 e. The molecule has 2 atom stereocenters. The quantitative estimate of drug-likeness (QED) is 0.0606. The highest BCUT2D eigenvalue weighted by molar-refractivity contribution is 6.00. The summed E-state index contributed by atoms with van der Waals surface area (Å²) < 4.78 is 78.2. The molecule has 4 aromatic rings. The second kappa shape index (κ2) is 18.6. The predicted octanol–water partition coefficient (Wildman–Crippen LogP) is 9.01. The number of carbonyl (C=O) groups excluding carboxylic acids is 1. The maximum absolute atomic E-state index is 15.5. The third-order valence-corrected chi connectivity index (χ3v) is 10.9. The van der Waals surface area contributed by atoms with Crippen molar-refractivity contribution in [2.75, 3.05) is 52.4 Å². The second-order valence-corrected chi connectivity index (χ2v) is 16.6. The van der Waals surface area contributed by atoms with Gasteiger partial charge in [-0.1, -0.05) is 42.5 Å². The molecular weight excluding hydrogens is 777 g/mol. The Kier molecular flexibility index (Phi) is 13.3. The van der Waals surface area contributed by atoms with E-state index in [1.165, 1.54) is 10.9 Å². The van der Waals surface area contributed by atoms with Crippen molar-refractivity contribution < 1.29 is 36.6 Å². The van der Waals surface area contributed by atoms with E-state index in [9.17, 15) is 18.0 Å². The predicted molar refractivity (Wildman–Crippen MR) is 223 cm³/mol. The number of amides is 1. The number of allylic oxidation sites excluding steroid dienone is 1. The van der Waals surface area contributed by atoms with Crippen LogP contribution in [0.25, 0.3) is 22.0 Å². The van der Waals surface area contributed by atoms with E-state index in [0.717, 1.165) is 32.2 Å². The first-order chi connectivity index (χ1) is 28.7. The van der Waals surface area contributed by atoms with Gasteiger partial charge in [0.25, 0.3) is 0 Å². The Morgan fingerprint density at radius 2 is 1.67 bits per heavy atom. The van der Waals surface area contributed by atoms with Gasteiger partial charge in [0, 0.05) is 69.8 Å². The van der Waals surface area contributed by atoms with Gasteiger partial charge in [0.05, 0.1) is 17.3 Å². The number of halogens is 4. The van der Waals surface area contributed by atoms with E-state index in [2.05, 4.69) is 26.5 Å². The molecule has 0 radical (unpaired) electrons. The molecule has 5 heterocycles. The zero-order valence-electron chi connectivity index (χ0n) is 34.6. The smallest absolute Gasteiger partial charge is 0.393 e. The van der Waals surface area contributed by atoms with Crippen LogP contribution < -0.4 is 4.74 Å². The fourth-order valence-corrected chi connectivity index (χ4v) is 8.13. The van der Waals surface area contributed by atoms with Crippen LogP contribution in [0.5, 0.6) is 5.88 Å². The van der Waals surface area contributed by atoms with Gasteiger partial charge < -0.3 is 24.0 Å². The summed E-state index contributed by atoms with van der Waals surface area (Å²) in [6, 6.07) is 16.8. The lowest BCUT2D eigenvalue weighted by molar-refractivity contribution is -0.128. The molecule has 10 nitrogen and oxygen atoms in total. The lowest BCUT2D eigenvalue weighted by atomic mass is 9.88. The first-order valence-electron chi connectivity index (χ1n) is 20.8. The third-order valence-electron chi connectivity index (χ3n) is 10.9. The summed E-state index contributed by atoms with van der Waals surface area (Å²) in [5.41, 5.74) is 1.72. The number of ether oxygens (including phenoxy) is 3. The molecule has 0 saturated carbocycles. The van der Waals surface area contributed by atoms with Crippen molar-refractivity contribution in [3.05, 3.63) is 114 Å². The Morgan fingerprint density at radius 1 is 0.917 bits per heavy atom. The maximum atomic E-state index is 15.5. The van der Waals surface area contributed by atoms with E-state index in [4.69, 9.17) is 14.2 Å². The Bertz CT molecular complexity index is 2170. The molecule has 60 heavy (non-hydrogen) atoms. The molecule has 0 bridgehead atoms. The number of rotatable bonds is 12. The fourth-order valence-electron chi connectivity index (χ4n) is 8.13. The molecule has 1 unspecified atom stereocenters. The van der Waals surface area contributed by atoms with Crippen molar-refractivity contribution in [1.82, 2.24) is 29.5 Å². The number of likely N-dealkylation sites (tertiary alicyclic amines) is 1. The highest BCUT2D eigenvalue weighted by Crippen LogP contribution is 2.41. The minimum absolute atomic E-state index is 0.0284. The number of alkyl halides is 3. The topological polar surface area (TPSA) is 85.2 Å². The van der Waals surface area contributed by atoms with Crippen LogP contribution in [-0.4, -0.2) is 106 Å². The van der Waals surface area contributed by atoms with Gasteiger partial charge in [0.15, 0.2) is 12.1 Å². The monoisotopic (exact) mass is 830 g/mol. The molecule has 14 heteroatoms. The number of piperazine rings is 1. The zero-order chi connectivity index (χ0) is 42.4. The number of nitrogens with zero attached hydrogens (tertiary/aromatic N) is 6. The average Bonchev–Trinajstić information content (AvgIpc) is 3.56. The lowest BCUT2D eigenvalue weighted by Crippen LogP contribution is -2.48. The van der Waals surface area contributed by atoms with Crippen molar-refractivity contribution in [3.8, 4) is 5.88 Å². The van der Waals surface area contributed by atoms with Crippen LogP contribution in [0, 0.1) is 5.95 Å². The molecule has 3 fully saturated rings. The summed E-state index contributed by atoms with van der Waals surface area (Å²) in [5, 5.41) is 4.34. The van der Waals surface area contributed by atoms with Gasteiger partial charge >= 0.3 is 6.18 Å². The van der Waals surface area contributed by atoms with Gasteiger partial charge in [-0.05, 0) is 106 Å². The summed E-state index contributed by atoms with van der Waals surface area (Å²) in [7, 11) is 0. The number of aromatic nitrogens is 3. The zero-order valence-corrected chi connectivity index (χ0v) is 34.6. The van der Waals surface area contributed by atoms with Gasteiger partial charge in [-0.25, -0.2) is 9.67 Å². The van der Waals surface area contributed by atoms with E-state index >= 15 is 4.39 Å². The lowest BCUT2D eigenvalue weighted by Gasteiger charge is -2.38. The van der Waals surface area contributed by atoms with Gasteiger partial charge in [-0.3, -0.25) is 9.69 Å². The van der Waals surface area contributed by atoms with Crippen molar-refractivity contribution in [1.29, 1.82) is 0 Å². The van der Waals surface area contributed by atoms with Crippen LogP contribution in [-0.2, 0) is 14.3 Å². The Morgan fingerprint density at radius 3 is 2.35 bits per heavy atom. The molecule has 0 spiro atoms. The SMILES string of the molecule is C=C(OC(C)(C)C)N1CCN(C(=O)/C=C/CN2CCC[C@@H](Oc3ccc(/C(=C(/CC(F)(F)F)c4ccccc4)c4ccc5c(c4)c(F)nn5C4CCCCO4)cn3)C2)CC1. The number of carbonyl (C=O) groups is 1. The Balaban J connectivity index is 1.05. The van der Waals surface area contributed by atoms with Crippen LogP contribution in [0.4, 0.5) is 17.6 Å². The average molecular weight is 831 g/mol. The van der Waals surface area contributed by atoms with Crippen LogP contribution >= 0.6 is 0 Å². The highest BCUT2D eigenvalue weighted by atomic mass is 19.4. The van der Waals surface area contributed by atoms with Gasteiger partial charge in [-0.15, -0.1) is 5.10 Å². The maximum Gasteiger partial charge on any atom is 0.393 e. The summed E-state index contributed by atoms with van der Waals surface area (Å²) in [4.78, 5) is 23.7. The molecule has 7 rings (SSSR count). The summed E-state index contributed by atoms with van der Waals surface area (Å²) in [6.07, 6.45) is 2.94. The van der Waals surface area contributed by atoms with Gasteiger partial charge in [0.2, 0.25) is 17.7 Å². The molecule has 3 aliphatic rings. The molecule has 2 aromatic heterocycles. The fraction of sp³-hybridized carbons (Fsp3) is 0.457. The Hall–Kier alpha value is -5.21. The minimum Gasteiger partial charge on any atom is -0.474 e. The van der Waals surface area contributed by atoms with E-state index < -0.39 is 24.8 Å². The second-order valence-electron chi connectivity index (χ2n) is 16.6. The number of piperidine rings is 1. The molecule has 1 amide bonds. The number of benzene rings is 2. The van der Waals surface area contributed by atoms with Crippen LogP contribution in [0.3, 0.4) is 0 Å². The molecule has 320 valence electrons. The van der Waals surface area contributed by atoms with Crippen LogP contribution in [0.2, 0.25) is 0 Å². The first kappa shape index (κ1) is 42.9. The van der Waals surface area contributed by atoms with Crippen molar-refractivity contribution >= 4 is 28.0 Å². The molecule has 0 aliphatic carbocycles. The number of fused-ring (bicyclic) bond motifs is 1. The molecule has 2 aromatic carbocycles.